The van der Waals surface area contributed by atoms with Crippen LogP contribution in [0.2, 0.25) is 5.02 Å². The number of nitrogens with two attached hydrogens (primary N) is 1. The van der Waals surface area contributed by atoms with Crippen molar-refractivity contribution in [3.63, 3.8) is 0 Å². The van der Waals surface area contributed by atoms with E-state index in [1.54, 1.807) is 0 Å². The summed E-state index contributed by atoms with van der Waals surface area (Å²) in [5, 5.41) is 5.79. The van der Waals surface area contributed by atoms with E-state index in [2.05, 4.69) is 17.6 Å². The third-order valence-electron chi connectivity index (χ3n) is 4.74. The SMILES string of the molecule is CCOc1ccccc1NC(=O)[C@@H]([NH2+][C@@H](C)c1cccc(Cl)c1)c1ccccc1. The molecule has 150 valence electrons. The van der Waals surface area contributed by atoms with E-state index in [4.69, 9.17) is 16.3 Å². The number of amides is 1. The molecular formula is C24H26ClN2O2+. The second-order valence-electron chi connectivity index (χ2n) is 6.84. The third-order valence-corrected chi connectivity index (χ3v) is 4.98. The standard InChI is InChI=1S/C24H25ClN2O2/c1-3-29-22-15-8-7-14-21(22)27-24(28)23(18-10-5-4-6-11-18)26-17(2)19-12-9-13-20(25)16-19/h4-17,23,26H,3H2,1-2H3,(H,27,28)/p+1/t17-,23-/m0/s1. The van der Waals surface area contributed by atoms with Crippen molar-refractivity contribution in [3.05, 3.63) is 95.0 Å². The van der Waals surface area contributed by atoms with Gasteiger partial charge in [0, 0.05) is 16.1 Å². The normalized spacial score (nSPS) is 12.8. The molecule has 3 N–H and O–H groups in total. The van der Waals surface area contributed by atoms with E-state index < -0.39 is 6.04 Å². The van der Waals surface area contributed by atoms with Gasteiger partial charge in [-0.15, -0.1) is 0 Å². The zero-order chi connectivity index (χ0) is 20.6. The number of quaternary nitrogens is 1. The van der Waals surface area contributed by atoms with Crippen LogP contribution in [0.1, 0.15) is 37.1 Å². The van der Waals surface area contributed by atoms with E-state index in [0.717, 1.165) is 11.1 Å². The fraction of sp³-hybridized carbons (Fsp3) is 0.208. The molecule has 0 aromatic heterocycles. The first-order valence-electron chi connectivity index (χ1n) is 9.76. The summed E-state index contributed by atoms with van der Waals surface area (Å²) in [5.41, 5.74) is 2.68. The summed E-state index contributed by atoms with van der Waals surface area (Å²) < 4.78 is 5.65. The highest BCUT2D eigenvalue weighted by molar-refractivity contribution is 6.30. The van der Waals surface area contributed by atoms with Gasteiger partial charge in [-0.25, -0.2) is 0 Å². The summed E-state index contributed by atoms with van der Waals surface area (Å²) in [5.74, 6) is 0.565. The van der Waals surface area contributed by atoms with Gasteiger partial charge < -0.3 is 15.4 Å². The zero-order valence-corrected chi connectivity index (χ0v) is 17.4. The lowest BCUT2D eigenvalue weighted by atomic mass is 10.0. The van der Waals surface area contributed by atoms with Crippen molar-refractivity contribution >= 4 is 23.2 Å². The molecule has 0 spiro atoms. The van der Waals surface area contributed by atoms with Gasteiger partial charge in [-0.1, -0.05) is 66.2 Å². The minimum Gasteiger partial charge on any atom is -0.492 e. The van der Waals surface area contributed by atoms with Crippen molar-refractivity contribution in [3.8, 4) is 5.75 Å². The highest BCUT2D eigenvalue weighted by atomic mass is 35.5. The summed E-state index contributed by atoms with van der Waals surface area (Å²) >= 11 is 6.15. The number of anilines is 1. The predicted molar refractivity (Wildman–Crippen MR) is 117 cm³/mol. The Labute approximate surface area is 176 Å². The summed E-state index contributed by atoms with van der Waals surface area (Å²) in [4.78, 5) is 13.3. The monoisotopic (exact) mass is 409 g/mol. The molecule has 3 aromatic carbocycles. The van der Waals surface area contributed by atoms with Gasteiger partial charge in [0.15, 0.2) is 6.04 Å². The maximum atomic E-state index is 13.3. The number of ether oxygens (including phenoxy) is 1. The number of nitrogens with one attached hydrogen (secondary N) is 1. The second kappa shape index (κ2) is 10.1. The van der Waals surface area contributed by atoms with Gasteiger partial charge in [0.2, 0.25) is 0 Å². The minimum absolute atomic E-state index is 0.0480. The fourth-order valence-corrected chi connectivity index (χ4v) is 3.46. The number of carbonyl (C=O) groups excluding carboxylic acids is 1. The first kappa shape index (κ1) is 20.9. The average Bonchev–Trinajstić information content (AvgIpc) is 2.74. The lowest BCUT2D eigenvalue weighted by Gasteiger charge is -2.21. The molecule has 0 aliphatic carbocycles. The van der Waals surface area contributed by atoms with E-state index in [9.17, 15) is 4.79 Å². The summed E-state index contributed by atoms with van der Waals surface area (Å²) in [7, 11) is 0. The van der Waals surface area contributed by atoms with Crippen molar-refractivity contribution in [2.45, 2.75) is 25.9 Å². The highest BCUT2D eigenvalue weighted by Gasteiger charge is 2.27. The van der Waals surface area contributed by atoms with Crippen LogP contribution in [0.4, 0.5) is 5.69 Å². The molecule has 0 aliphatic heterocycles. The number of benzene rings is 3. The average molecular weight is 410 g/mol. The summed E-state index contributed by atoms with van der Waals surface area (Å²) in [6, 6.07) is 24.6. The van der Waals surface area contributed by atoms with Gasteiger partial charge >= 0.3 is 0 Å². The third kappa shape index (κ3) is 5.59. The van der Waals surface area contributed by atoms with Crippen LogP contribution in [0.25, 0.3) is 0 Å². The lowest BCUT2D eigenvalue weighted by Crippen LogP contribution is -2.87. The van der Waals surface area contributed by atoms with Crippen molar-refractivity contribution in [2.75, 3.05) is 11.9 Å². The first-order valence-corrected chi connectivity index (χ1v) is 10.1. The molecule has 5 heteroatoms. The predicted octanol–water partition coefficient (Wildman–Crippen LogP) is 4.74. The quantitative estimate of drug-likeness (QED) is 0.564. The minimum atomic E-state index is -0.417. The van der Waals surface area contributed by atoms with Crippen LogP contribution >= 0.6 is 11.6 Å². The van der Waals surface area contributed by atoms with Crippen molar-refractivity contribution in [1.82, 2.24) is 0 Å². The number of halogens is 1. The molecule has 2 atom stereocenters. The smallest absolute Gasteiger partial charge is 0.287 e. The molecule has 0 bridgehead atoms. The molecule has 0 saturated heterocycles. The van der Waals surface area contributed by atoms with Gasteiger partial charge in [0.1, 0.15) is 11.8 Å². The Balaban J connectivity index is 1.85. The van der Waals surface area contributed by atoms with E-state index in [1.807, 2.05) is 85.8 Å². The Morgan fingerprint density at radius 3 is 2.41 bits per heavy atom. The van der Waals surface area contributed by atoms with Crippen LogP contribution in [0.5, 0.6) is 5.75 Å². The molecule has 1 amide bonds. The molecule has 3 rings (SSSR count). The van der Waals surface area contributed by atoms with E-state index >= 15 is 0 Å². The Morgan fingerprint density at radius 1 is 1.00 bits per heavy atom. The number of hydrogen-bond acceptors (Lipinski definition) is 2. The molecule has 29 heavy (non-hydrogen) atoms. The number of hydrogen-bond donors (Lipinski definition) is 2. The number of para-hydroxylation sites is 2. The van der Waals surface area contributed by atoms with Crippen molar-refractivity contribution in [1.29, 1.82) is 0 Å². The Kier molecular flexibility index (Phi) is 7.28. The number of rotatable bonds is 8. The van der Waals surface area contributed by atoms with Crippen molar-refractivity contribution in [2.24, 2.45) is 0 Å². The molecule has 0 aliphatic rings. The van der Waals surface area contributed by atoms with Crippen LogP contribution in [0.3, 0.4) is 0 Å². The maximum Gasteiger partial charge on any atom is 0.287 e. The van der Waals surface area contributed by atoms with Gasteiger partial charge in [0.25, 0.3) is 5.91 Å². The lowest BCUT2D eigenvalue weighted by molar-refractivity contribution is -0.718. The van der Waals surface area contributed by atoms with Crippen LogP contribution in [0.15, 0.2) is 78.9 Å². The Bertz CT molecular complexity index is 946. The second-order valence-corrected chi connectivity index (χ2v) is 7.28. The van der Waals surface area contributed by atoms with Crippen molar-refractivity contribution < 1.29 is 14.8 Å². The molecule has 0 fully saturated rings. The van der Waals surface area contributed by atoms with Gasteiger partial charge in [-0.05, 0) is 38.1 Å². The molecule has 0 heterocycles. The van der Waals surface area contributed by atoms with Crippen LogP contribution in [-0.2, 0) is 4.79 Å². The van der Waals surface area contributed by atoms with E-state index in [-0.39, 0.29) is 11.9 Å². The summed E-state index contributed by atoms with van der Waals surface area (Å²) in [6.07, 6.45) is 0. The van der Waals surface area contributed by atoms with Crippen LogP contribution in [0, 0.1) is 0 Å². The Morgan fingerprint density at radius 2 is 1.69 bits per heavy atom. The van der Waals surface area contributed by atoms with E-state index in [1.165, 1.54) is 0 Å². The van der Waals surface area contributed by atoms with E-state index in [0.29, 0.717) is 23.1 Å². The Hall–Kier alpha value is -2.82. The molecule has 0 saturated carbocycles. The number of carbonyl (C=O) groups is 1. The zero-order valence-electron chi connectivity index (χ0n) is 16.6. The maximum absolute atomic E-state index is 13.3. The van der Waals surface area contributed by atoms with Gasteiger partial charge in [-0.3, -0.25) is 4.79 Å². The first-order chi connectivity index (χ1) is 14.1. The highest BCUT2D eigenvalue weighted by Crippen LogP contribution is 2.25. The summed E-state index contributed by atoms with van der Waals surface area (Å²) in [6.45, 7) is 4.53. The molecule has 4 nitrogen and oxygen atoms in total. The molecule has 0 unspecified atom stereocenters. The largest absolute Gasteiger partial charge is 0.492 e. The molecule has 3 aromatic rings. The fourth-order valence-electron chi connectivity index (χ4n) is 3.26. The molecule has 0 radical (unpaired) electrons. The van der Waals surface area contributed by atoms with Gasteiger partial charge in [0.05, 0.1) is 12.3 Å². The molecular weight excluding hydrogens is 384 g/mol. The van der Waals surface area contributed by atoms with Crippen LogP contribution in [-0.4, -0.2) is 12.5 Å². The topological polar surface area (TPSA) is 54.9 Å². The van der Waals surface area contributed by atoms with Crippen LogP contribution < -0.4 is 15.4 Å². The van der Waals surface area contributed by atoms with Gasteiger partial charge in [-0.2, -0.15) is 0 Å².